The highest BCUT2D eigenvalue weighted by Gasteiger charge is 2.29. The highest BCUT2D eigenvalue weighted by Crippen LogP contribution is 2.15. The number of nitrogens with one attached hydrogen (secondary N) is 2. The molecule has 5 nitrogen and oxygen atoms in total. The summed E-state index contributed by atoms with van der Waals surface area (Å²) in [5.41, 5.74) is 0.906. The number of hydrogen-bond acceptors (Lipinski definition) is 4. The molecule has 1 saturated heterocycles. The molecule has 1 fully saturated rings. The van der Waals surface area contributed by atoms with Crippen LogP contribution in [0.5, 0.6) is 0 Å². The maximum atomic E-state index is 12.2. The first kappa shape index (κ1) is 15.9. The third kappa shape index (κ3) is 5.44. The fraction of sp³-hybridized carbons (Fsp3) is 0.625. The van der Waals surface area contributed by atoms with Gasteiger partial charge in [0.1, 0.15) is 0 Å². The molecule has 2 N–H and O–H groups in total. The number of piperidine rings is 1. The molecule has 2 rings (SSSR count). The average molecular weight is 291 g/mol. The molecule has 5 heteroatoms. The third-order valence-electron chi connectivity index (χ3n) is 3.41. The molecule has 0 radical (unpaired) electrons. The van der Waals surface area contributed by atoms with Crippen molar-refractivity contribution in [3.05, 3.63) is 30.1 Å². The molecule has 2 atom stereocenters. The number of pyridine rings is 1. The van der Waals surface area contributed by atoms with Crippen LogP contribution in [-0.2, 0) is 16.1 Å². The zero-order valence-electron chi connectivity index (χ0n) is 13.1. The van der Waals surface area contributed by atoms with E-state index in [1.54, 1.807) is 12.4 Å². The van der Waals surface area contributed by atoms with Crippen molar-refractivity contribution in [3.63, 3.8) is 0 Å². The minimum Gasteiger partial charge on any atom is -0.373 e. The molecule has 0 aromatic carbocycles. The van der Waals surface area contributed by atoms with Crippen molar-refractivity contribution in [3.8, 4) is 0 Å². The number of ether oxygens (including phenoxy) is 1. The van der Waals surface area contributed by atoms with Crippen molar-refractivity contribution < 1.29 is 9.53 Å². The van der Waals surface area contributed by atoms with Crippen molar-refractivity contribution in [2.24, 2.45) is 0 Å². The van der Waals surface area contributed by atoms with Gasteiger partial charge in [0.05, 0.1) is 18.8 Å². The van der Waals surface area contributed by atoms with Gasteiger partial charge in [-0.2, -0.15) is 0 Å². The monoisotopic (exact) mass is 291 g/mol. The standard InChI is InChI=1S/C16H25N3O2/c1-16(2,3)19-15(20)14-10-13(6-9-18-14)21-11-12-4-7-17-8-5-12/h4-5,7-8,13-14,18H,6,9-11H2,1-3H3,(H,19,20). The van der Waals surface area contributed by atoms with E-state index in [1.807, 2.05) is 32.9 Å². The van der Waals surface area contributed by atoms with Gasteiger partial charge in [-0.3, -0.25) is 9.78 Å². The molecule has 0 bridgehead atoms. The second-order valence-corrected chi connectivity index (χ2v) is 6.56. The zero-order chi connectivity index (χ0) is 15.3. The summed E-state index contributed by atoms with van der Waals surface area (Å²) in [4.78, 5) is 16.2. The van der Waals surface area contributed by atoms with E-state index in [4.69, 9.17) is 4.74 Å². The van der Waals surface area contributed by atoms with Gasteiger partial charge in [0.15, 0.2) is 0 Å². The van der Waals surface area contributed by atoms with Crippen molar-refractivity contribution >= 4 is 5.91 Å². The van der Waals surface area contributed by atoms with E-state index >= 15 is 0 Å². The minimum atomic E-state index is -0.205. The Kier molecular flexibility index (Phi) is 5.31. The quantitative estimate of drug-likeness (QED) is 0.885. The summed E-state index contributed by atoms with van der Waals surface area (Å²) in [6.07, 6.45) is 5.30. The molecule has 116 valence electrons. The Hall–Kier alpha value is -1.46. The van der Waals surface area contributed by atoms with E-state index in [1.165, 1.54) is 0 Å². The van der Waals surface area contributed by atoms with Crippen molar-refractivity contribution in [1.82, 2.24) is 15.6 Å². The van der Waals surface area contributed by atoms with Gasteiger partial charge < -0.3 is 15.4 Å². The van der Waals surface area contributed by atoms with E-state index in [2.05, 4.69) is 15.6 Å². The van der Waals surface area contributed by atoms with Crippen LogP contribution in [0.1, 0.15) is 39.2 Å². The summed E-state index contributed by atoms with van der Waals surface area (Å²) in [5.74, 6) is 0.0553. The summed E-state index contributed by atoms with van der Waals surface area (Å²) in [6.45, 7) is 7.35. The van der Waals surface area contributed by atoms with Gasteiger partial charge in [0.2, 0.25) is 5.91 Å². The molecule has 0 spiro atoms. The number of amides is 1. The van der Waals surface area contributed by atoms with Gasteiger partial charge in [0, 0.05) is 17.9 Å². The van der Waals surface area contributed by atoms with Crippen LogP contribution < -0.4 is 10.6 Å². The maximum Gasteiger partial charge on any atom is 0.237 e. The van der Waals surface area contributed by atoms with Crippen LogP contribution in [0.15, 0.2) is 24.5 Å². The molecule has 21 heavy (non-hydrogen) atoms. The molecule has 0 aliphatic carbocycles. The van der Waals surface area contributed by atoms with E-state index in [-0.39, 0.29) is 23.6 Å². The largest absolute Gasteiger partial charge is 0.373 e. The summed E-state index contributed by atoms with van der Waals surface area (Å²) in [6, 6.07) is 3.73. The maximum absolute atomic E-state index is 12.2. The Morgan fingerprint density at radius 2 is 2.14 bits per heavy atom. The summed E-state index contributed by atoms with van der Waals surface area (Å²) >= 11 is 0. The molecule has 0 saturated carbocycles. The van der Waals surface area contributed by atoms with E-state index < -0.39 is 0 Å². The molecule has 1 aliphatic rings. The summed E-state index contributed by atoms with van der Waals surface area (Å²) in [7, 11) is 0. The minimum absolute atomic E-state index is 0.0553. The molecule has 1 aromatic rings. The smallest absolute Gasteiger partial charge is 0.237 e. The van der Waals surface area contributed by atoms with Crippen molar-refractivity contribution in [1.29, 1.82) is 0 Å². The van der Waals surface area contributed by atoms with E-state index in [0.29, 0.717) is 13.0 Å². The van der Waals surface area contributed by atoms with Gasteiger partial charge in [-0.05, 0) is 57.9 Å². The number of nitrogens with zero attached hydrogens (tertiary/aromatic N) is 1. The average Bonchev–Trinajstić information content (AvgIpc) is 2.45. The fourth-order valence-corrected chi connectivity index (χ4v) is 2.38. The van der Waals surface area contributed by atoms with Crippen LogP contribution in [0, 0.1) is 0 Å². The predicted octanol–water partition coefficient (Wildman–Crippen LogP) is 1.63. The SMILES string of the molecule is CC(C)(C)NC(=O)C1CC(OCc2ccncc2)CCN1. The second kappa shape index (κ2) is 7.00. The number of rotatable bonds is 4. The topological polar surface area (TPSA) is 63.2 Å². The Morgan fingerprint density at radius 3 is 2.81 bits per heavy atom. The van der Waals surface area contributed by atoms with Crippen LogP contribution in [-0.4, -0.2) is 35.1 Å². The van der Waals surface area contributed by atoms with Crippen LogP contribution in [0.3, 0.4) is 0 Å². The van der Waals surface area contributed by atoms with E-state index in [0.717, 1.165) is 18.5 Å². The molecule has 1 amide bonds. The van der Waals surface area contributed by atoms with Crippen LogP contribution >= 0.6 is 0 Å². The van der Waals surface area contributed by atoms with E-state index in [9.17, 15) is 4.79 Å². The lowest BCUT2D eigenvalue weighted by Gasteiger charge is -2.32. The highest BCUT2D eigenvalue weighted by molar-refractivity contribution is 5.82. The van der Waals surface area contributed by atoms with Gasteiger partial charge >= 0.3 is 0 Å². The number of aromatic nitrogens is 1. The third-order valence-corrected chi connectivity index (χ3v) is 3.41. The van der Waals surface area contributed by atoms with Gasteiger partial charge in [-0.15, -0.1) is 0 Å². The first-order chi connectivity index (χ1) is 9.94. The lowest BCUT2D eigenvalue weighted by molar-refractivity contribution is -0.126. The molecular formula is C16H25N3O2. The van der Waals surface area contributed by atoms with Gasteiger partial charge in [0.25, 0.3) is 0 Å². The molecule has 2 unspecified atom stereocenters. The molecule has 1 aromatic heterocycles. The van der Waals surface area contributed by atoms with Crippen molar-refractivity contribution in [2.75, 3.05) is 6.54 Å². The van der Waals surface area contributed by atoms with Crippen molar-refractivity contribution in [2.45, 2.75) is 57.9 Å². The Morgan fingerprint density at radius 1 is 1.43 bits per heavy atom. The second-order valence-electron chi connectivity index (χ2n) is 6.56. The normalized spacial score (nSPS) is 22.8. The Labute approximate surface area is 126 Å². The van der Waals surface area contributed by atoms with Crippen LogP contribution in [0.25, 0.3) is 0 Å². The zero-order valence-corrected chi connectivity index (χ0v) is 13.1. The summed E-state index contributed by atoms with van der Waals surface area (Å²) in [5, 5.41) is 6.29. The van der Waals surface area contributed by atoms with Crippen LogP contribution in [0.4, 0.5) is 0 Å². The predicted molar refractivity (Wildman–Crippen MR) is 81.7 cm³/mol. The Balaban J connectivity index is 1.82. The molecule has 1 aliphatic heterocycles. The molecule has 2 heterocycles. The fourth-order valence-electron chi connectivity index (χ4n) is 2.38. The molecular weight excluding hydrogens is 266 g/mol. The van der Waals surface area contributed by atoms with Gasteiger partial charge in [-0.25, -0.2) is 0 Å². The highest BCUT2D eigenvalue weighted by atomic mass is 16.5. The number of hydrogen-bond donors (Lipinski definition) is 2. The number of carbonyl (C=O) groups excluding carboxylic acids is 1. The Bertz CT molecular complexity index is 456. The first-order valence-corrected chi connectivity index (χ1v) is 7.50. The lowest BCUT2D eigenvalue weighted by Crippen LogP contribution is -2.54. The number of carbonyl (C=O) groups is 1. The summed E-state index contributed by atoms with van der Waals surface area (Å²) < 4.78 is 5.93. The van der Waals surface area contributed by atoms with Crippen LogP contribution in [0.2, 0.25) is 0 Å². The van der Waals surface area contributed by atoms with Gasteiger partial charge in [-0.1, -0.05) is 0 Å². The lowest BCUT2D eigenvalue weighted by atomic mass is 9.99. The first-order valence-electron chi connectivity index (χ1n) is 7.50.